The predicted octanol–water partition coefficient (Wildman–Crippen LogP) is 6.48. The van der Waals surface area contributed by atoms with Gasteiger partial charge < -0.3 is 9.84 Å². The Morgan fingerprint density at radius 3 is 2.10 bits per heavy atom. The summed E-state index contributed by atoms with van der Waals surface area (Å²) in [5.74, 6) is 0.716. The summed E-state index contributed by atoms with van der Waals surface area (Å²) in [7, 11) is 0. The van der Waals surface area contributed by atoms with Crippen molar-refractivity contribution in [2.75, 3.05) is 5.32 Å². The van der Waals surface area contributed by atoms with E-state index >= 15 is 0 Å². The maximum atomic E-state index is 12.4. The highest BCUT2D eigenvalue weighted by Gasteiger charge is 2.23. The van der Waals surface area contributed by atoms with Crippen LogP contribution in [0.3, 0.4) is 0 Å². The van der Waals surface area contributed by atoms with Crippen molar-refractivity contribution >= 4 is 22.6 Å². The van der Waals surface area contributed by atoms with Crippen LogP contribution in [0, 0.1) is 0 Å². The Morgan fingerprint density at radius 1 is 0.800 bits per heavy atom. The van der Waals surface area contributed by atoms with Crippen LogP contribution in [0.15, 0.2) is 91.0 Å². The Labute approximate surface area is 175 Å². The molecule has 4 aromatic rings. The third kappa shape index (κ3) is 3.98. The Hall–Kier alpha value is -3.79. The number of hydrogen-bond acceptors (Lipinski definition) is 3. The van der Waals surface area contributed by atoms with E-state index in [0.717, 1.165) is 21.9 Å². The van der Waals surface area contributed by atoms with Gasteiger partial charge in [-0.3, -0.25) is 5.32 Å². The van der Waals surface area contributed by atoms with Gasteiger partial charge in [-0.2, -0.15) is 0 Å². The van der Waals surface area contributed by atoms with E-state index < -0.39 is 6.09 Å². The molecule has 4 aromatic carbocycles. The molecule has 4 heteroatoms. The number of phenolic OH excluding ortho intramolecular Hbond substituents is 1. The highest BCUT2D eigenvalue weighted by molar-refractivity contribution is 6.00. The van der Waals surface area contributed by atoms with E-state index in [2.05, 4.69) is 19.2 Å². The second-order valence-corrected chi connectivity index (χ2v) is 7.74. The quantitative estimate of drug-likeness (QED) is 0.414. The molecule has 0 saturated carbocycles. The summed E-state index contributed by atoms with van der Waals surface area (Å²) in [5.41, 5.74) is 2.62. The van der Waals surface area contributed by atoms with Gasteiger partial charge >= 0.3 is 6.09 Å². The molecule has 0 radical (unpaired) electrons. The lowest BCUT2D eigenvalue weighted by Crippen LogP contribution is -2.19. The zero-order valence-corrected chi connectivity index (χ0v) is 16.9. The van der Waals surface area contributed by atoms with Crippen LogP contribution in [-0.2, 0) is 5.41 Å². The number of anilines is 1. The summed E-state index contributed by atoms with van der Waals surface area (Å²) >= 11 is 0. The maximum absolute atomic E-state index is 12.4. The van der Waals surface area contributed by atoms with Crippen LogP contribution in [0.5, 0.6) is 11.5 Å². The molecule has 0 fully saturated rings. The molecule has 30 heavy (non-hydrogen) atoms. The zero-order chi connectivity index (χ0) is 21.1. The zero-order valence-electron chi connectivity index (χ0n) is 16.9. The highest BCUT2D eigenvalue weighted by Crippen LogP contribution is 2.33. The van der Waals surface area contributed by atoms with Crippen LogP contribution in [-0.4, -0.2) is 11.2 Å². The van der Waals surface area contributed by atoms with Gasteiger partial charge in [-0.15, -0.1) is 0 Å². The van der Waals surface area contributed by atoms with Crippen molar-refractivity contribution in [1.29, 1.82) is 0 Å². The first kappa shape index (κ1) is 19.5. The first-order valence-corrected chi connectivity index (χ1v) is 9.80. The topological polar surface area (TPSA) is 58.6 Å². The lowest BCUT2D eigenvalue weighted by Gasteiger charge is -2.26. The summed E-state index contributed by atoms with van der Waals surface area (Å²) in [6.45, 7) is 4.23. The SMILES string of the molecule is CC(C)(c1ccc(O)cc1)c1ccc(OC(=O)Nc2cccc3ccccc23)cc1. The van der Waals surface area contributed by atoms with E-state index in [1.54, 1.807) is 24.3 Å². The molecule has 150 valence electrons. The van der Waals surface area contributed by atoms with E-state index in [9.17, 15) is 9.90 Å². The lowest BCUT2D eigenvalue weighted by molar-refractivity contribution is 0.215. The van der Waals surface area contributed by atoms with Gasteiger partial charge in [-0.25, -0.2) is 4.79 Å². The molecule has 0 heterocycles. The van der Waals surface area contributed by atoms with E-state index in [-0.39, 0.29) is 11.2 Å². The van der Waals surface area contributed by atoms with Crippen molar-refractivity contribution < 1.29 is 14.6 Å². The molecule has 0 spiro atoms. The largest absolute Gasteiger partial charge is 0.508 e. The first-order chi connectivity index (χ1) is 14.4. The van der Waals surface area contributed by atoms with Gasteiger partial charge in [0.1, 0.15) is 11.5 Å². The van der Waals surface area contributed by atoms with Crippen LogP contribution in [0.2, 0.25) is 0 Å². The Morgan fingerprint density at radius 2 is 1.40 bits per heavy atom. The minimum absolute atomic E-state index is 0.246. The van der Waals surface area contributed by atoms with E-state index in [4.69, 9.17) is 4.74 Å². The third-order valence-electron chi connectivity index (χ3n) is 5.40. The molecule has 0 aromatic heterocycles. The molecule has 1 amide bonds. The average molecular weight is 397 g/mol. The van der Waals surface area contributed by atoms with E-state index in [0.29, 0.717) is 11.4 Å². The van der Waals surface area contributed by atoms with Gasteiger partial charge in [0.15, 0.2) is 0 Å². The second kappa shape index (κ2) is 7.91. The molecule has 0 aliphatic carbocycles. The summed E-state index contributed by atoms with van der Waals surface area (Å²) in [6.07, 6.45) is -0.531. The van der Waals surface area contributed by atoms with Crippen LogP contribution >= 0.6 is 0 Å². The van der Waals surface area contributed by atoms with E-state index in [1.807, 2.05) is 66.7 Å². The van der Waals surface area contributed by atoms with Gasteiger partial charge in [0.2, 0.25) is 0 Å². The summed E-state index contributed by atoms with van der Waals surface area (Å²) in [4.78, 5) is 12.4. The Balaban J connectivity index is 1.48. The van der Waals surface area contributed by atoms with Crippen molar-refractivity contribution in [1.82, 2.24) is 0 Å². The first-order valence-electron chi connectivity index (χ1n) is 9.80. The monoisotopic (exact) mass is 397 g/mol. The standard InChI is InChI=1S/C26H23NO3/c1-26(2,19-10-14-21(28)15-11-19)20-12-16-22(17-13-20)30-25(29)27-24-9-5-7-18-6-3-4-8-23(18)24/h3-17,28H,1-2H3,(H,27,29). The smallest absolute Gasteiger partial charge is 0.417 e. The van der Waals surface area contributed by atoms with Gasteiger partial charge in [0.05, 0.1) is 5.69 Å². The molecule has 0 saturated heterocycles. The highest BCUT2D eigenvalue weighted by atomic mass is 16.6. The molecular formula is C26H23NO3. The van der Waals surface area contributed by atoms with Gasteiger partial charge in [-0.1, -0.05) is 74.5 Å². The molecule has 2 N–H and O–H groups in total. The molecular weight excluding hydrogens is 374 g/mol. The van der Waals surface area contributed by atoms with Crippen LogP contribution in [0.25, 0.3) is 10.8 Å². The summed E-state index contributed by atoms with van der Waals surface area (Å²) < 4.78 is 5.47. The number of ether oxygens (including phenoxy) is 1. The lowest BCUT2D eigenvalue weighted by atomic mass is 9.78. The molecule has 0 unspecified atom stereocenters. The number of aromatic hydroxyl groups is 1. The minimum Gasteiger partial charge on any atom is -0.508 e. The van der Waals surface area contributed by atoms with Crippen molar-refractivity contribution in [2.24, 2.45) is 0 Å². The molecule has 4 rings (SSSR count). The summed E-state index contributed by atoms with van der Waals surface area (Å²) in [5, 5.41) is 14.4. The van der Waals surface area contributed by atoms with Crippen molar-refractivity contribution in [3.63, 3.8) is 0 Å². The van der Waals surface area contributed by atoms with Gasteiger partial charge in [0, 0.05) is 10.8 Å². The fourth-order valence-electron chi connectivity index (χ4n) is 3.56. The fourth-order valence-corrected chi connectivity index (χ4v) is 3.56. The number of amides is 1. The van der Waals surface area contributed by atoms with Crippen LogP contribution in [0.1, 0.15) is 25.0 Å². The molecule has 0 atom stereocenters. The predicted molar refractivity (Wildman–Crippen MR) is 120 cm³/mol. The number of fused-ring (bicyclic) bond motifs is 1. The third-order valence-corrected chi connectivity index (χ3v) is 5.40. The number of rotatable bonds is 4. The number of carbonyl (C=O) groups excluding carboxylic acids is 1. The fraction of sp³-hybridized carbons (Fsp3) is 0.115. The summed E-state index contributed by atoms with van der Waals surface area (Å²) in [6, 6.07) is 28.3. The minimum atomic E-state index is -0.531. The number of hydrogen-bond donors (Lipinski definition) is 2. The molecule has 0 aliphatic heterocycles. The Kier molecular flexibility index (Phi) is 5.15. The number of nitrogens with one attached hydrogen (secondary N) is 1. The Bertz CT molecular complexity index is 1170. The van der Waals surface area contributed by atoms with Crippen molar-refractivity contribution in [2.45, 2.75) is 19.3 Å². The number of phenols is 1. The van der Waals surface area contributed by atoms with Crippen molar-refractivity contribution in [3.05, 3.63) is 102 Å². The molecule has 4 nitrogen and oxygen atoms in total. The number of benzene rings is 4. The normalized spacial score (nSPS) is 11.3. The van der Waals surface area contributed by atoms with Crippen LogP contribution < -0.4 is 10.1 Å². The maximum Gasteiger partial charge on any atom is 0.417 e. The van der Waals surface area contributed by atoms with E-state index in [1.165, 1.54) is 0 Å². The van der Waals surface area contributed by atoms with Gasteiger partial charge in [0.25, 0.3) is 0 Å². The molecule has 0 bridgehead atoms. The second-order valence-electron chi connectivity index (χ2n) is 7.74. The van der Waals surface area contributed by atoms with Crippen molar-refractivity contribution in [3.8, 4) is 11.5 Å². The molecule has 0 aliphatic rings. The van der Waals surface area contributed by atoms with Gasteiger partial charge in [-0.05, 0) is 46.8 Å². The van der Waals surface area contributed by atoms with Crippen LogP contribution in [0.4, 0.5) is 10.5 Å². The number of carbonyl (C=O) groups is 1. The average Bonchev–Trinajstić information content (AvgIpc) is 2.75.